The summed E-state index contributed by atoms with van der Waals surface area (Å²) in [7, 11) is 0. The Labute approximate surface area is 126 Å². The number of non-ortho nitro benzene ring substituents is 1. The fraction of sp³-hybridized carbons (Fsp3) is 0.0625. The number of rotatable bonds is 6. The van der Waals surface area contributed by atoms with E-state index in [-0.39, 0.29) is 23.6 Å². The number of hydrogen-bond donors (Lipinski definition) is 0. The van der Waals surface area contributed by atoms with E-state index >= 15 is 0 Å². The molecule has 0 atom stereocenters. The maximum absolute atomic E-state index is 12.2. The van der Waals surface area contributed by atoms with Crippen LogP contribution in [0.4, 0.5) is 5.69 Å². The molecule has 2 aromatic carbocycles. The molecule has 0 aliphatic carbocycles. The van der Waals surface area contributed by atoms with Crippen molar-refractivity contribution in [1.82, 2.24) is 0 Å². The Morgan fingerprint density at radius 2 is 1.86 bits per heavy atom. The van der Waals surface area contributed by atoms with Gasteiger partial charge in [-0.05, 0) is 24.3 Å². The summed E-state index contributed by atoms with van der Waals surface area (Å²) in [4.78, 5) is 22.2. The third kappa shape index (κ3) is 3.69. The molecule has 0 heterocycles. The summed E-state index contributed by atoms with van der Waals surface area (Å²) in [6.07, 6.45) is 1.57. The van der Waals surface area contributed by atoms with E-state index in [1.807, 2.05) is 0 Å². The molecule has 0 saturated heterocycles. The molecule has 0 unspecified atom stereocenters. The van der Waals surface area contributed by atoms with E-state index in [1.54, 1.807) is 30.3 Å². The van der Waals surface area contributed by atoms with Gasteiger partial charge in [0.25, 0.3) is 5.69 Å². The number of ether oxygens (including phenoxy) is 2. The zero-order chi connectivity index (χ0) is 15.9. The quantitative estimate of drug-likeness (QED) is 0.268. The molecule has 112 valence electrons. The lowest BCUT2D eigenvalue weighted by Crippen LogP contribution is -2.11. The largest absolute Gasteiger partial charge is 0.489 e. The summed E-state index contributed by atoms with van der Waals surface area (Å²) in [5.74, 6) is -0.00282. The molecule has 6 heteroatoms. The average molecular weight is 299 g/mol. The molecule has 0 N–H and O–H groups in total. The fourth-order valence-electron chi connectivity index (χ4n) is 1.71. The minimum atomic E-state index is -0.603. The van der Waals surface area contributed by atoms with Crippen LogP contribution in [0.1, 0.15) is 10.4 Å². The van der Waals surface area contributed by atoms with E-state index in [2.05, 4.69) is 6.58 Å². The van der Waals surface area contributed by atoms with Crippen LogP contribution in [0.2, 0.25) is 0 Å². The Kier molecular flexibility index (Phi) is 4.87. The van der Waals surface area contributed by atoms with Crippen molar-refractivity contribution in [2.24, 2.45) is 0 Å². The van der Waals surface area contributed by atoms with Crippen LogP contribution in [0.25, 0.3) is 0 Å². The SMILES string of the molecule is C=CCOc1ccccc1C(=O)Oc1ccc([N+](=O)[O-])cc1. The number of nitro groups is 1. The Morgan fingerprint density at radius 3 is 2.50 bits per heavy atom. The van der Waals surface area contributed by atoms with Gasteiger partial charge in [-0.25, -0.2) is 4.79 Å². The molecule has 22 heavy (non-hydrogen) atoms. The molecular formula is C16H13NO5. The number of carbonyl (C=O) groups is 1. The predicted molar refractivity (Wildman–Crippen MR) is 80.2 cm³/mol. The summed E-state index contributed by atoms with van der Waals surface area (Å²) in [6, 6.07) is 11.9. The lowest BCUT2D eigenvalue weighted by molar-refractivity contribution is -0.384. The van der Waals surface area contributed by atoms with Crippen LogP contribution in [-0.4, -0.2) is 17.5 Å². The van der Waals surface area contributed by atoms with Crippen molar-refractivity contribution in [2.75, 3.05) is 6.61 Å². The third-order valence-electron chi connectivity index (χ3n) is 2.72. The van der Waals surface area contributed by atoms with Gasteiger partial charge >= 0.3 is 5.97 Å². The van der Waals surface area contributed by atoms with Crippen LogP contribution in [0, 0.1) is 10.1 Å². The summed E-state index contributed by atoms with van der Waals surface area (Å²) in [5, 5.41) is 10.6. The summed E-state index contributed by atoms with van der Waals surface area (Å²) in [5.41, 5.74) is 0.192. The van der Waals surface area contributed by atoms with E-state index in [0.29, 0.717) is 5.75 Å². The van der Waals surface area contributed by atoms with Crippen LogP contribution in [0.5, 0.6) is 11.5 Å². The Hall–Kier alpha value is -3.15. The molecule has 0 aliphatic rings. The van der Waals surface area contributed by atoms with Gasteiger partial charge in [-0.3, -0.25) is 10.1 Å². The molecule has 0 saturated carbocycles. The van der Waals surface area contributed by atoms with Gasteiger partial charge in [0.1, 0.15) is 23.7 Å². The molecule has 0 amide bonds. The van der Waals surface area contributed by atoms with E-state index in [1.165, 1.54) is 24.3 Å². The standard InChI is InChI=1S/C16H13NO5/c1-2-11-21-15-6-4-3-5-14(15)16(18)22-13-9-7-12(8-10-13)17(19)20/h2-10H,1,11H2. The first-order valence-electron chi connectivity index (χ1n) is 6.41. The number of para-hydroxylation sites is 1. The topological polar surface area (TPSA) is 78.7 Å². The third-order valence-corrected chi connectivity index (χ3v) is 2.72. The van der Waals surface area contributed by atoms with Crippen molar-refractivity contribution >= 4 is 11.7 Å². The zero-order valence-electron chi connectivity index (χ0n) is 11.6. The van der Waals surface area contributed by atoms with Gasteiger partial charge in [0.05, 0.1) is 4.92 Å². The van der Waals surface area contributed by atoms with E-state index in [4.69, 9.17) is 9.47 Å². The van der Waals surface area contributed by atoms with Crippen molar-refractivity contribution in [1.29, 1.82) is 0 Å². The number of carbonyl (C=O) groups excluding carboxylic acids is 1. The van der Waals surface area contributed by atoms with Gasteiger partial charge in [0.2, 0.25) is 0 Å². The second kappa shape index (κ2) is 7.03. The molecular weight excluding hydrogens is 286 g/mol. The van der Waals surface area contributed by atoms with Crippen molar-refractivity contribution in [3.63, 3.8) is 0 Å². The molecule has 0 radical (unpaired) electrons. The lowest BCUT2D eigenvalue weighted by atomic mass is 10.2. The average Bonchev–Trinajstić information content (AvgIpc) is 2.53. The van der Waals surface area contributed by atoms with E-state index in [9.17, 15) is 14.9 Å². The highest BCUT2D eigenvalue weighted by Gasteiger charge is 2.15. The lowest BCUT2D eigenvalue weighted by Gasteiger charge is -2.09. The fourth-order valence-corrected chi connectivity index (χ4v) is 1.71. The first-order valence-corrected chi connectivity index (χ1v) is 6.41. The first kappa shape index (κ1) is 15.2. The van der Waals surface area contributed by atoms with Gasteiger partial charge in [-0.2, -0.15) is 0 Å². The molecule has 0 aromatic heterocycles. The number of benzene rings is 2. The van der Waals surface area contributed by atoms with Crippen molar-refractivity contribution < 1.29 is 19.2 Å². The first-order chi connectivity index (χ1) is 10.6. The summed E-state index contributed by atoms with van der Waals surface area (Å²) < 4.78 is 10.6. The zero-order valence-corrected chi connectivity index (χ0v) is 11.6. The Balaban J connectivity index is 2.15. The summed E-state index contributed by atoms with van der Waals surface area (Å²) >= 11 is 0. The van der Waals surface area contributed by atoms with Crippen molar-refractivity contribution in [3.8, 4) is 11.5 Å². The highest BCUT2D eigenvalue weighted by molar-refractivity contribution is 5.94. The minimum absolute atomic E-state index is 0.0745. The number of nitrogens with zero attached hydrogens (tertiary/aromatic N) is 1. The highest BCUT2D eigenvalue weighted by atomic mass is 16.6. The molecule has 2 rings (SSSR count). The van der Waals surface area contributed by atoms with Gasteiger partial charge in [-0.1, -0.05) is 24.8 Å². The van der Waals surface area contributed by atoms with Crippen molar-refractivity contribution in [2.45, 2.75) is 0 Å². The second-order valence-electron chi connectivity index (χ2n) is 4.24. The smallest absolute Gasteiger partial charge is 0.347 e. The monoisotopic (exact) mass is 299 g/mol. The summed E-state index contributed by atoms with van der Waals surface area (Å²) in [6.45, 7) is 3.81. The molecule has 2 aromatic rings. The predicted octanol–water partition coefficient (Wildman–Crippen LogP) is 3.38. The van der Waals surface area contributed by atoms with Gasteiger partial charge < -0.3 is 9.47 Å². The molecule has 0 fully saturated rings. The van der Waals surface area contributed by atoms with Gasteiger partial charge in [-0.15, -0.1) is 0 Å². The second-order valence-corrected chi connectivity index (χ2v) is 4.24. The number of hydrogen-bond acceptors (Lipinski definition) is 5. The molecule has 0 aliphatic heterocycles. The Morgan fingerprint density at radius 1 is 1.18 bits per heavy atom. The number of esters is 1. The van der Waals surface area contributed by atoms with Crippen LogP contribution in [0.15, 0.2) is 61.2 Å². The maximum atomic E-state index is 12.2. The van der Waals surface area contributed by atoms with E-state index < -0.39 is 10.9 Å². The molecule has 0 bridgehead atoms. The van der Waals surface area contributed by atoms with Crippen LogP contribution >= 0.6 is 0 Å². The molecule has 0 spiro atoms. The van der Waals surface area contributed by atoms with E-state index in [0.717, 1.165) is 0 Å². The van der Waals surface area contributed by atoms with Crippen LogP contribution < -0.4 is 9.47 Å². The Bertz CT molecular complexity index is 694. The number of nitro benzene ring substituents is 1. The van der Waals surface area contributed by atoms with Gasteiger partial charge in [0.15, 0.2) is 0 Å². The van der Waals surface area contributed by atoms with Crippen LogP contribution in [-0.2, 0) is 0 Å². The normalized spacial score (nSPS) is 9.82. The van der Waals surface area contributed by atoms with Crippen molar-refractivity contribution in [3.05, 3.63) is 76.9 Å². The maximum Gasteiger partial charge on any atom is 0.347 e. The highest BCUT2D eigenvalue weighted by Crippen LogP contribution is 2.22. The van der Waals surface area contributed by atoms with Crippen LogP contribution in [0.3, 0.4) is 0 Å². The molecule has 6 nitrogen and oxygen atoms in total. The minimum Gasteiger partial charge on any atom is -0.489 e. The van der Waals surface area contributed by atoms with Gasteiger partial charge in [0, 0.05) is 12.1 Å².